The third-order valence-electron chi connectivity index (χ3n) is 4.42. The Balaban J connectivity index is 2.20. The van der Waals surface area contributed by atoms with Crippen molar-refractivity contribution in [2.24, 2.45) is 0 Å². The van der Waals surface area contributed by atoms with Crippen LogP contribution >= 0.6 is 11.6 Å². The zero-order valence-corrected chi connectivity index (χ0v) is 17.5. The fourth-order valence-electron chi connectivity index (χ4n) is 2.86. The number of aryl methyl sites for hydroxylation is 1. The highest BCUT2D eigenvalue weighted by Gasteiger charge is 2.29. The van der Waals surface area contributed by atoms with Crippen LogP contribution < -0.4 is 9.62 Å². The summed E-state index contributed by atoms with van der Waals surface area (Å²) in [5.74, 6) is -0.373. The van der Waals surface area contributed by atoms with Crippen molar-refractivity contribution in [1.29, 1.82) is 0 Å². The van der Waals surface area contributed by atoms with E-state index in [4.69, 9.17) is 11.6 Å². The van der Waals surface area contributed by atoms with E-state index in [9.17, 15) is 13.2 Å². The summed E-state index contributed by atoms with van der Waals surface area (Å²) >= 11 is 5.88. The lowest BCUT2D eigenvalue weighted by Gasteiger charge is -2.29. The van der Waals surface area contributed by atoms with Gasteiger partial charge < -0.3 is 5.32 Å². The molecule has 2 aromatic carbocycles. The molecule has 2 aromatic rings. The van der Waals surface area contributed by atoms with E-state index in [1.165, 1.54) is 5.56 Å². The van der Waals surface area contributed by atoms with Crippen molar-refractivity contribution in [3.05, 3.63) is 64.7 Å². The molecule has 2 atom stereocenters. The smallest absolute Gasteiger partial charge is 0.244 e. The van der Waals surface area contributed by atoms with Gasteiger partial charge in [-0.05, 0) is 55.7 Å². The first-order valence-corrected chi connectivity index (χ1v) is 11.0. The topological polar surface area (TPSA) is 66.5 Å². The molecular formula is C20H25ClN2O3S. The zero-order chi connectivity index (χ0) is 20.2. The van der Waals surface area contributed by atoms with Crippen molar-refractivity contribution in [2.75, 3.05) is 10.6 Å². The molecule has 0 aliphatic carbocycles. The first kappa shape index (κ1) is 21.3. The van der Waals surface area contributed by atoms with E-state index in [1.54, 1.807) is 31.2 Å². The van der Waals surface area contributed by atoms with Gasteiger partial charge in [0.15, 0.2) is 0 Å². The molecule has 0 heterocycles. The Hall–Kier alpha value is -2.05. The fourth-order valence-corrected chi connectivity index (χ4v) is 4.16. The zero-order valence-electron chi connectivity index (χ0n) is 15.9. The number of nitrogens with one attached hydrogen (secondary N) is 1. The van der Waals surface area contributed by atoms with Gasteiger partial charge in [0.25, 0.3) is 0 Å². The van der Waals surface area contributed by atoms with Gasteiger partial charge in [-0.25, -0.2) is 8.42 Å². The van der Waals surface area contributed by atoms with Crippen LogP contribution in [0.2, 0.25) is 5.02 Å². The molecule has 0 spiro atoms. The molecule has 0 radical (unpaired) electrons. The largest absolute Gasteiger partial charge is 0.348 e. The Morgan fingerprint density at radius 2 is 1.63 bits per heavy atom. The van der Waals surface area contributed by atoms with Crippen LogP contribution in [0.15, 0.2) is 48.5 Å². The molecule has 0 unspecified atom stereocenters. The van der Waals surface area contributed by atoms with E-state index in [0.717, 1.165) is 22.5 Å². The van der Waals surface area contributed by atoms with E-state index < -0.39 is 16.1 Å². The lowest BCUT2D eigenvalue weighted by molar-refractivity contribution is -0.122. The second kappa shape index (κ2) is 8.76. The molecule has 2 rings (SSSR count). The van der Waals surface area contributed by atoms with Crippen molar-refractivity contribution in [3.63, 3.8) is 0 Å². The van der Waals surface area contributed by atoms with Crippen molar-refractivity contribution in [1.82, 2.24) is 5.32 Å². The maximum atomic E-state index is 12.7. The van der Waals surface area contributed by atoms with Gasteiger partial charge in [0.1, 0.15) is 6.04 Å². The summed E-state index contributed by atoms with van der Waals surface area (Å²) in [4.78, 5) is 12.7. The molecule has 0 aromatic heterocycles. The Morgan fingerprint density at radius 1 is 1.07 bits per heavy atom. The summed E-state index contributed by atoms with van der Waals surface area (Å²) in [6.07, 6.45) is 2.03. The van der Waals surface area contributed by atoms with Gasteiger partial charge in [0.2, 0.25) is 15.9 Å². The molecule has 0 aliphatic heterocycles. The Labute approximate surface area is 166 Å². The SMILES string of the molecule is CCc1ccc([C@H](C)NC(=O)[C@H](C)N(c2ccc(Cl)cc2)S(C)(=O)=O)cc1. The third kappa shape index (κ3) is 5.47. The van der Waals surface area contributed by atoms with Gasteiger partial charge >= 0.3 is 0 Å². The van der Waals surface area contributed by atoms with E-state index in [-0.39, 0.29) is 11.9 Å². The van der Waals surface area contributed by atoms with E-state index >= 15 is 0 Å². The van der Waals surface area contributed by atoms with Crippen LogP contribution in [-0.4, -0.2) is 26.6 Å². The van der Waals surface area contributed by atoms with Crippen molar-refractivity contribution in [3.8, 4) is 0 Å². The Morgan fingerprint density at radius 3 is 2.11 bits per heavy atom. The van der Waals surface area contributed by atoms with E-state index in [0.29, 0.717) is 10.7 Å². The van der Waals surface area contributed by atoms with Crippen LogP contribution in [0, 0.1) is 0 Å². The van der Waals surface area contributed by atoms with Gasteiger partial charge in [-0.2, -0.15) is 0 Å². The number of sulfonamides is 1. The van der Waals surface area contributed by atoms with Crippen LogP contribution in [0.3, 0.4) is 0 Å². The van der Waals surface area contributed by atoms with Gasteiger partial charge in [0.05, 0.1) is 18.0 Å². The second-order valence-electron chi connectivity index (χ2n) is 6.54. The van der Waals surface area contributed by atoms with E-state index in [2.05, 4.69) is 12.2 Å². The summed E-state index contributed by atoms with van der Waals surface area (Å²) in [5.41, 5.74) is 2.58. The molecule has 1 amide bonds. The number of rotatable bonds is 7. The number of hydrogen-bond donors (Lipinski definition) is 1. The monoisotopic (exact) mass is 408 g/mol. The summed E-state index contributed by atoms with van der Waals surface area (Å²) < 4.78 is 25.7. The lowest BCUT2D eigenvalue weighted by Crippen LogP contribution is -2.48. The van der Waals surface area contributed by atoms with Crippen LogP contribution in [-0.2, 0) is 21.2 Å². The summed E-state index contributed by atoms with van der Waals surface area (Å²) in [6.45, 7) is 5.52. The molecule has 0 saturated heterocycles. The maximum Gasteiger partial charge on any atom is 0.244 e. The van der Waals surface area contributed by atoms with E-state index in [1.807, 2.05) is 31.2 Å². The molecule has 5 nitrogen and oxygen atoms in total. The predicted octanol–water partition coefficient (Wildman–Crippen LogP) is 3.93. The van der Waals surface area contributed by atoms with Crippen molar-refractivity contribution >= 4 is 33.2 Å². The second-order valence-corrected chi connectivity index (χ2v) is 8.83. The van der Waals surface area contributed by atoms with Gasteiger partial charge in [-0.1, -0.05) is 42.8 Å². The molecule has 0 saturated carbocycles. The molecule has 0 aliphatic rings. The van der Waals surface area contributed by atoms with Gasteiger partial charge in [-0.3, -0.25) is 9.10 Å². The third-order valence-corrected chi connectivity index (χ3v) is 5.91. The number of amides is 1. The quantitative estimate of drug-likeness (QED) is 0.754. The maximum absolute atomic E-state index is 12.7. The number of carbonyl (C=O) groups excluding carboxylic acids is 1. The van der Waals surface area contributed by atoms with Crippen molar-refractivity contribution in [2.45, 2.75) is 39.3 Å². The molecule has 27 heavy (non-hydrogen) atoms. The molecule has 7 heteroatoms. The van der Waals surface area contributed by atoms with Gasteiger partial charge in [-0.15, -0.1) is 0 Å². The number of nitrogens with zero attached hydrogens (tertiary/aromatic N) is 1. The lowest BCUT2D eigenvalue weighted by atomic mass is 10.0. The minimum atomic E-state index is -3.66. The predicted molar refractivity (Wildman–Crippen MR) is 111 cm³/mol. The summed E-state index contributed by atoms with van der Waals surface area (Å²) in [6, 6.07) is 13.2. The summed E-state index contributed by atoms with van der Waals surface area (Å²) in [7, 11) is -3.66. The number of hydrogen-bond acceptors (Lipinski definition) is 3. The standard InChI is InChI=1S/C20H25ClN2O3S/c1-5-16-6-8-17(9-7-16)14(2)22-20(24)15(3)23(27(4,25)26)19-12-10-18(21)11-13-19/h6-15H,5H2,1-4H3,(H,22,24)/t14-,15-/m0/s1. The number of benzene rings is 2. The minimum Gasteiger partial charge on any atom is -0.348 e. The molecular weight excluding hydrogens is 384 g/mol. The van der Waals surface area contributed by atoms with Crippen molar-refractivity contribution < 1.29 is 13.2 Å². The Bertz CT molecular complexity index is 880. The van der Waals surface area contributed by atoms with Crippen LogP contribution in [0.5, 0.6) is 0 Å². The fraction of sp³-hybridized carbons (Fsp3) is 0.350. The highest BCUT2D eigenvalue weighted by Crippen LogP contribution is 2.23. The average molecular weight is 409 g/mol. The molecule has 146 valence electrons. The van der Waals surface area contributed by atoms with Crippen LogP contribution in [0.4, 0.5) is 5.69 Å². The highest BCUT2D eigenvalue weighted by molar-refractivity contribution is 7.92. The highest BCUT2D eigenvalue weighted by atomic mass is 35.5. The van der Waals surface area contributed by atoms with Crippen LogP contribution in [0.25, 0.3) is 0 Å². The molecule has 0 bridgehead atoms. The first-order chi connectivity index (χ1) is 12.6. The number of anilines is 1. The molecule has 1 N–H and O–H groups in total. The minimum absolute atomic E-state index is 0.238. The molecule has 0 fully saturated rings. The average Bonchev–Trinajstić information content (AvgIpc) is 2.62. The van der Waals surface area contributed by atoms with Gasteiger partial charge in [0, 0.05) is 5.02 Å². The first-order valence-electron chi connectivity index (χ1n) is 8.77. The van der Waals surface area contributed by atoms with Crippen LogP contribution in [0.1, 0.15) is 37.9 Å². The Kier molecular flexibility index (Phi) is 6.89. The number of halogens is 1. The summed E-state index contributed by atoms with van der Waals surface area (Å²) in [5, 5.41) is 3.39. The normalized spacial score (nSPS) is 13.7. The number of carbonyl (C=O) groups is 1.